The molecule has 0 aliphatic rings. The van der Waals surface area contributed by atoms with E-state index in [1.807, 2.05) is 6.08 Å². The smallest absolute Gasteiger partial charge is 0.0785 e. The summed E-state index contributed by atoms with van der Waals surface area (Å²) in [5, 5.41) is 0. The van der Waals surface area contributed by atoms with E-state index in [-0.39, 0.29) is 0 Å². The minimum Gasteiger partial charge on any atom is -0.505 e. The SMILES string of the molecule is COC=CCCOC. The van der Waals surface area contributed by atoms with Crippen molar-refractivity contribution in [3.63, 3.8) is 0 Å². The van der Waals surface area contributed by atoms with E-state index in [2.05, 4.69) is 4.74 Å². The summed E-state index contributed by atoms with van der Waals surface area (Å²) in [4.78, 5) is 0. The van der Waals surface area contributed by atoms with Crippen molar-refractivity contribution in [3.05, 3.63) is 12.3 Å². The molecule has 0 saturated carbocycles. The molecule has 48 valence electrons. The molecule has 0 spiro atoms. The van der Waals surface area contributed by atoms with E-state index in [0.717, 1.165) is 13.0 Å². The molecule has 0 aromatic heterocycles. The molecule has 0 heterocycles. The molecule has 0 aliphatic heterocycles. The summed E-state index contributed by atoms with van der Waals surface area (Å²) in [5.74, 6) is 0. The van der Waals surface area contributed by atoms with Crippen LogP contribution in [0.5, 0.6) is 0 Å². The van der Waals surface area contributed by atoms with Crippen molar-refractivity contribution < 1.29 is 9.47 Å². The van der Waals surface area contributed by atoms with E-state index in [0.29, 0.717) is 0 Å². The second kappa shape index (κ2) is 6.50. The van der Waals surface area contributed by atoms with Gasteiger partial charge in [0.2, 0.25) is 0 Å². The van der Waals surface area contributed by atoms with Gasteiger partial charge in [0.15, 0.2) is 0 Å². The van der Waals surface area contributed by atoms with Crippen molar-refractivity contribution in [2.45, 2.75) is 6.42 Å². The molecule has 0 unspecified atom stereocenters. The lowest BCUT2D eigenvalue weighted by atomic mass is 10.4. The van der Waals surface area contributed by atoms with Crippen LogP contribution in [0.1, 0.15) is 6.42 Å². The molecule has 0 saturated heterocycles. The summed E-state index contributed by atoms with van der Waals surface area (Å²) in [6.07, 6.45) is 4.49. The molecule has 2 heteroatoms. The quantitative estimate of drug-likeness (QED) is 0.405. The molecule has 0 fully saturated rings. The van der Waals surface area contributed by atoms with Crippen LogP contribution in [-0.2, 0) is 9.47 Å². The van der Waals surface area contributed by atoms with Crippen molar-refractivity contribution in [1.82, 2.24) is 0 Å². The van der Waals surface area contributed by atoms with Crippen LogP contribution >= 0.6 is 0 Å². The first-order valence-corrected chi connectivity index (χ1v) is 2.58. The monoisotopic (exact) mass is 116 g/mol. The Kier molecular flexibility index (Phi) is 6.09. The van der Waals surface area contributed by atoms with E-state index in [1.165, 1.54) is 0 Å². The molecular formula is C6H12O2. The summed E-state index contributed by atoms with van der Waals surface area (Å²) in [6, 6.07) is 0. The zero-order valence-electron chi connectivity index (χ0n) is 5.39. The van der Waals surface area contributed by atoms with Crippen molar-refractivity contribution in [2.24, 2.45) is 0 Å². The van der Waals surface area contributed by atoms with Gasteiger partial charge in [-0.2, -0.15) is 0 Å². The standard InChI is InChI=1S/C6H12O2/c1-7-5-3-4-6-8-2/h3,5H,4,6H2,1-2H3. The van der Waals surface area contributed by atoms with Gasteiger partial charge < -0.3 is 9.47 Å². The summed E-state index contributed by atoms with van der Waals surface area (Å²) in [5.41, 5.74) is 0. The van der Waals surface area contributed by atoms with Gasteiger partial charge in [0.1, 0.15) is 0 Å². The Labute approximate surface area is 50.1 Å². The molecule has 8 heavy (non-hydrogen) atoms. The fourth-order valence-electron chi connectivity index (χ4n) is 0.350. The first-order chi connectivity index (χ1) is 3.91. The van der Waals surface area contributed by atoms with Gasteiger partial charge in [-0.25, -0.2) is 0 Å². The maximum Gasteiger partial charge on any atom is 0.0785 e. The summed E-state index contributed by atoms with van der Waals surface area (Å²) in [6.45, 7) is 0.764. The molecule has 0 rings (SSSR count). The number of ether oxygens (including phenoxy) is 2. The fraction of sp³-hybridized carbons (Fsp3) is 0.667. The predicted molar refractivity (Wildman–Crippen MR) is 32.6 cm³/mol. The van der Waals surface area contributed by atoms with Crippen LogP contribution in [0.2, 0.25) is 0 Å². The third-order valence-corrected chi connectivity index (χ3v) is 0.721. The van der Waals surface area contributed by atoms with Gasteiger partial charge in [-0.1, -0.05) is 0 Å². The Bertz CT molecular complexity index is 59.5. The molecule has 2 nitrogen and oxygen atoms in total. The van der Waals surface area contributed by atoms with Crippen molar-refractivity contribution in [2.75, 3.05) is 20.8 Å². The van der Waals surface area contributed by atoms with E-state index < -0.39 is 0 Å². The van der Waals surface area contributed by atoms with E-state index in [4.69, 9.17) is 4.74 Å². The molecule has 0 N–H and O–H groups in total. The van der Waals surface area contributed by atoms with Crippen LogP contribution in [0.4, 0.5) is 0 Å². The zero-order valence-corrected chi connectivity index (χ0v) is 5.39. The average Bonchev–Trinajstić information content (AvgIpc) is 1.81. The maximum atomic E-state index is 4.78. The predicted octanol–water partition coefficient (Wildman–Crippen LogP) is 1.18. The Hall–Kier alpha value is -0.500. The second-order valence-corrected chi connectivity index (χ2v) is 1.39. The molecule has 0 aromatic rings. The van der Waals surface area contributed by atoms with Gasteiger partial charge >= 0.3 is 0 Å². The van der Waals surface area contributed by atoms with E-state index in [1.54, 1.807) is 20.5 Å². The topological polar surface area (TPSA) is 18.5 Å². The average molecular weight is 116 g/mol. The number of hydrogen-bond donors (Lipinski definition) is 0. The second-order valence-electron chi connectivity index (χ2n) is 1.39. The Morgan fingerprint density at radius 3 is 2.62 bits per heavy atom. The highest BCUT2D eigenvalue weighted by Gasteiger charge is 1.74. The highest BCUT2D eigenvalue weighted by atomic mass is 16.5. The number of rotatable bonds is 4. The fourth-order valence-corrected chi connectivity index (χ4v) is 0.350. The maximum absolute atomic E-state index is 4.78. The summed E-state index contributed by atoms with van der Waals surface area (Å²) >= 11 is 0. The van der Waals surface area contributed by atoms with Gasteiger partial charge in [-0.3, -0.25) is 0 Å². The van der Waals surface area contributed by atoms with Gasteiger partial charge in [0.05, 0.1) is 13.4 Å². The highest BCUT2D eigenvalue weighted by Crippen LogP contribution is 1.82. The first-order valence-electron chi connectivity index (χ1n) is 2.58. The number of methoxy groups -OCH3 is 2. The Balaban J connectivity index is 2.80. The third kappa shape index (κ3) is 5.50. The van der Waals surface area contributed by atoms with Crippen molar-refractivity contribution in [1.29, 1.82) is 0 Å². The van der Waals surface area contributed by atoms with Gasteiger partial charge in [-0.05, 0) is 12.5 Å². The van der Waals surface area contributed by atoms with E-state index >= 15 is 0 Å². The minimum absolute atomic E-state index is 0.764. The zero-order chi connectivity index (χ0) is 6.24. The number of hydrogen-bond acceptors (Lipinski definition) is 2. The normalized spacial score (nSPS) is 10.2. The molecule has 0 radical (unpaired) electrons. The Morgan fingerprint density at radius 2 is 2.12 bits per heavy atom. The minimum atomic E-state index is 0.764. The Morgan fingerprint density at radius 1 is 1.38 bits per heavy atom. The lowest BCUT2D eigenvalue weighted by molar-refractivity contribution is 0.203. The van der Waals surface area contributed by atoms with Crippen LogP contribution in [0, 0.1) is 0 Å². The van der Waals surface area contributed by atoms with Crippen LogP contribution < -0.4 is 0 Å². The largest absolute Gasteiger partial charge is 0.505 e. The summed E-state index contributed by atoms with van der Waals surface area (Å²) < 4.78 is 9.43. The lowest BCUT2D eigenvalue weighted by Gasteiger charge is -1.89. The van der Waals surface area contributed by atoms with Crippen LogP contribution in [0.3, 0.4) is 0 Å². The van der Waals surface area contributed by atoms with Crippen LogP contribution in [-0.4, -0.2) is 20.8 Å². The third-order valence-electron chi connectivity index (χ3n) is 0.721. The van der Waals surface area contributed by atoms with Crippen molar-refractivity contribution in [3.8, 4) is 0 Å². The molecule has 0 bridgehead atoms. The van der Waals surface area contributed by atoms with Crippen LogP contribution in [0.15, 0.2) is 12.3 Å². The van der Waals surface area contributed by atoms with E-state index in [9.17, 15) is 0 Å². The molecule has 0 aliphatic carbocycles. The molecule has 0 amide bonds. The molecular weight excluding hydrogens is 104 g/mol. The van der Waals surface area contributed by atoms with Gasteiger partial charge in [0.25, 0.3) is 0 Å². The lowest BCUT2D eigenvalue weighted by Crippen LogP contribution is -1.83. The first kappa shape index (κ1) is 7.50. The van der Waals surface area contributed by atoms with Gasteiger partial charge in [-0.15, -0.1) is 0 Å². The van der Waals surface area contributed by atoms with Crippen LogP contribution in [0.25, 0.3) is 0 Å². The summed E-state index contributed by atoms with van der Waals surface area (Å²) in [7, 11) is 3.31. The molecule has 0 aromatic carbocycles. The van der Waals surface area contributed by atoms with Gasteiger partial charge in [0, 0.05) is 13.7 Å². The highest BCUT2D eigenvalue weighted by molar-refractivity contribution is 4.71. The van der Waals surface area contributed by atoms with Crippen molar-refractivity contribution >= 4 is 0 Å². The molecule has 0 atom stereocenters.